The number of hydrogen-bond acceptors (Lipinski definition) is 10. The van der Waals surface area contributed by atoms with Gasteiger partial charge in [-0.25, -0.2) is 15.0 Å². The first-order valence-corrected chi connectivity index (χ1v) is 11.1. The van der Waals surface area contributed by atoms with Crippen molar-refractivity contribution in [3.8, 4) is 22.8 Å². The molecule has 2 fully saturated rings. The Labute approximate surface area is 200 Å². The van der Waals surface area contributed by atoms with Gasteiger partial charge in [-0.2, -0.15) is 5.10 Å². The first kappa shape index (κ1) is 22.6. The molecule has 0 saturated carbocycles. The van der Waals surface area contributed by atoms with Crippen LogP contribution in [0.5, 0.6) is 0 Å². The first-order chi connectivity index (χ1) is 17.1. The summed E-state index contributed by atoms with van der Waals surface area (Å²) in [5.41, 5.74) is 3.65. The van der Waals surface area contributed by atoms with Gasteiger partial charge in [-0.3, -0.25) is 9.48 Å². The molecule has 2 aliphatic heterocycles. The summed E-state index contributed by atoms with van der Waals surface area (Å²) in [6, 6.07) is 9.56. The molecule has 0 spiro atoms. The number of hydrogen-bond donors (Lipinski definition) is 2. The van der Waals surface area contributed by atoms with Gasteiger partial charge >= 0.3 is 0 Å². The van der Waals surface area contributed by atoms with E-state index in [9.17, 15) is 4.79 Å². The van der Waals surface area contributed by atoms with E-state index in [2.05, 4.69) is 30.5 Å². The first-order valence-electron chi connectivity index (χ1n) is 11.1. The number of likely N-dealkylation sites (tertiary alicyclic amines) is 1. The number of amides is 1. The Bertz CT molecular complexity index is 1280. The van der Waals surface area contributed by atoms with Crippen molar-refractivity contribution < 1.29 is 19.2 Å². The predicted octanol–water partition coefficient (Wildman–Crippen LogP) is 1.91. The molecule has 2 N–H and O–H groups in total. The van der Waals surface area contributed by atoms with Crippen LogP contribution in [0.2, 0.25) is 0 Å². The lowest BCUT2D eigenvalue weighted by Gasteiger charge is -2.25. The molecule has 1 atom stereocenters. The number of ether oxygens (including phenoxy) is 1. The number of nitrogens with one attached hydrogen (secondary N) is 1. The molecular formula is C23H24N8O4. The van der Waals surface area contributed by atoms with E-state index in [4.69, 9.17) is 14.4 Å². The topological polar surface area (TPSA) is 144 Å². The molecule has 1 amide bonds. The smallest absolute Gasteiger partial charge is 0.251 e. The van der Waals surface area contributed by atoms with Crippen LogP contribution in [0.4, 0.5) is 11.6 Å². The number of pyridine rings is 1. The standard InChI is InChI=1S/C18H15N7O2.C5H9NO2/c1-2-14(22-15(3-1)17-5-7-27-24-17)16-4-6-19-18(23-16)21-12-8-20-25(9-12)13-10-26-11-13;1-6-3-2-4(7)5(6)8/h1-9,13H,10-11H2,(H,19,21,23);4,7H,2-3H2,1H3. The van der Waals surface area contributed by atoms with Crippen molar-refractivity contribution in [3.63, 3.8) is 0 Å². The van der Waals surface area contributed by atoms with Gasteiger partial charge in [0, 0.05) is 32.1 Å². The molecule has 2 aliphatic rings. The maximum absolute atomic E-state index is 10.6. The number of likely N-dealkylation sites (N-methyl/N-ethyl adjacent to an activating group) is 1. The number of anilines is 2. The Morgan fingerprint density at radius 2 is 1.89 bits per heavy atom. The highest BCUT2D eigenvalue weighted by atomic mass is 16.5. The van der Waals surface area contributed by atoms with Crippen molar-refractivity contribution in [3.05, 3.63) is 55.2 Å². The van der Waals surface area contributed by atoms with Crippen molar-refractivity contribution in [1.82, 2.24) is 34.8 Å². The largest absolute Gasteiger partial charge is 0.383 e. The molecule has 12 heteroatoms. The third-order valence-corrected chi connectivity index (χ3v) is 5.62. The van der Waals surface area contributed by atoms with Crippen LogP contribution in [0, 0.1) is 0 Å². The SMILES string of the molecule is CN1CCC(O)C1=O.c1cc(-c2ccon2)nc(-c2ccnc(Nc3cnn(C4COC4)c3)n2)c1. The van der Waals surface area contributed by atoms with E-state index in [1.54, 1.807) is 25.5 Å². The van der Waals surface area contributed by atoms with Gasteiger partial charge in [-0.1, -0.05) is 11.2 Å². The fourth-order valence-electron chi connectivity index (χ4n) is 3.54. The molecular weight excluding hydrogens is 452 g/mol. The van der Waals surface area contributed by atoms with Gasteiger partial charge in [0.2, 0.25) is 5.95 Å². The van der Waals surface area contributed by atoms with Gasteiger partial charge in [-0.05, 0) is 24.6 Å². The lowest BCUT2D eigenvalue weighted by Crippen LogP contribution is -2.30. The lowest BCUT2D eigenvalue weighted by molar-refractivity contribution is -0.133. The van der Waals surface area contributed by atoms with Crippen LogP contribution in [-0.4, -0.2) is 78.7 Å². The highest BCUT2D eigenvalue weighted by molar-refractivity contribution is 5.82. The van der Waals surface area contributed by atoms with E-state index in [1.165, 1.54) is 11.2 Å². The number of aromatic nitrogens is 6. The normalized spacial score (nSPS) is 17.6. The summed E-state index contributed by atoms with van der Waals surface area (Å²) >= 11 is 0. The number of carbonyl (C=O) groups is 1. The molecule has 0 aromatic carbocycles. The maximum Gasteiger partial charge on any atom is 0.251 e. The molecule has 0 radical (unpaired) electrons. The molecule has 6 rings (SSSR count). The van der Waals surface area contributed by atoms with Gasteiger partial charge in [0.1, 0.15) is 18.1 Å². The van der Waals surface area contributed by atoms with Gasteiger partial charge in [0.25, 0.3) is 5.91 Å². The predicted molar refractivity (Wildman–Crippen MR) is 124 cm³/mol. The second-order valence-corrected chi connectivity index (χ2v) is 8.15. The second kappa shape index (κ2) is 9.99. The molecule has 4 aromatic heterocycles. The molecule has 2 saturated heterocycles. The second-order valence-electron chi connectivity index (χ2n) is 8.15. The van der Waals surface area contributed by atoms with Crippen molar-refractivity contribution in [2.24, 2.45) is 0 Å². The number of nitrogens with zero attached hydrogens (tertiary/aromatic N) is 7. The quantitative estimate of drug-likeness (QED) is 0.438. The van der Waals surface area contributed by atoms with Gasteiger partial charge in [0.15, 0.2) is 0 Å². The highest BCUT2D eigenvalue weighted by Crippen LogP contribution is 2.23. The van der Waals surface area contributed by atoms with E-state index in [0.717, 1.165) is 17.1 Å². The average molecular weight is 476 g/mol. The Morgan fingerprint density at radius 3 is 2.51 bits per heavy atom. The van der Waals surface area contributed by atoms with Crippen molar-refractivity contribution in [2.75, 3.05) is 32.1 Å². The Kier molecular flexibility index (Phi) is 6.46. The van der Waals surface area contributed by atoms with E-state index < -0.39 is 6.10 Å². The minimum absolute atomic E-state index is 0.148. The summed E-state index contributed by atoms with van der Waals surface area (Å²) < 4.78 is 12.0. The molecule has 180 valence electrons. The number of aliphatic hydroxyl groups excluding tert-OH is 1. The molecule has 12 nitrogen and oxygen atoms in total. The summed E-state index contributed by atoms with van der Waals surface area (Å²) in [7, 11) is 1.69. The van der Waals surface area contributed by atoms with Crippen molar-refractivity contribution >= 4 is 17.5 Å². The lowest BCUT2D eigenvalue weighted by atomic mass is 10.2. The van der Waals surface area contributed by atoms with E-state index in [-0.39, 0.29) is 5.91 Å². The zero-order chi connectivity index (χ0) is 24.2. The van der Waals surface area contributed by atoms with Crippen LogP contribution in [0.15, 0.2) is 59.7 Å². The summed E-state index contributed by atoms with van der Waals surface area (Å²) in [6.07, 6.45) is 6.76. The average Bonchev–Trinajstić information content (AvgIpc) is 3.59. The van der Waals surface area contributed by atoms with Gasteiger partial charge in [0.05, 0.1) is 48.2 Å². The fourth-order valence-corrected chi connectivity index (χ4v) is 3.54. The van der Waals surface area contributed by atoms with Crippen LogP contribution < -0.4 is 5.32 Å². The van der Waals surface area contributed by atoms with Gasteiger partial charge < -0.3 is 24.6 Å². The zero-order valence-electron chi connectivity index (χ0n) is 19.0. The van der Waals surface area contributed by atoms with Gasteiger partial charge in [-0.15, -0.1) is 0 Å². The summed E-state index contributed by atoms with van der Waals surface area (Å²) in [5.74, 6) is 0.329. The fraction of sp³-hybridized carbons (Fsp3) is 0.304. The Balaban J connectivity index is 0.000000271. The maximum atomic E-state index is 10.6. The molecule has 0 aliphatic carbocycles. The summed E-state index contributed by atoms with van der Waals surface area (Å²) in [6.45, 7) is 2.08. The highest BCUT2D eigenvalue weighted by Gasteiger charge is 2.26. The third kappa shape index (κ3) is 5.18. The Hall–Kier alpha value is -4.16. The number of aliphatic hydroxyl groups is 1. The minimum atomic E-state index is -0.722. The van der Waals surface area contributed by atoms with Crippen molar-refractivity contribution in [1.29, 1.82) is 0 Å². The minimum Gasteiger partial charge on any atom is -0.383 e. The van der Waals surface area contributed by atoms with Crippen LogP contribution in [-0.2, 0) is 9.53 Å². The molecule has 1 unspecified atom stereocenters. The monoisotopic (exact) mass is 476 g/mol. The molecule has 0 bridgehead atoms. The zero-order valence-corrected chi connectivity index (χ0v) is 19.0. The molecule has 6 heterocycles. The number of rotatable bonds is 5. The summed E-state index contributed by atoms with van der Waals surface area (Å²) in [5, 5.41) is 20.2. The van der Waals surface area contributed by atoms with E-state index in [1.807, 2.05) is 35.1 Å². The number of carbonyl (C=O) groups excluding carboxylic acids is 1. The van der Waals surface area contributed by atoms with Crippen LogP contribution in [0.25, 0.3) is 22.8 Å². The molecule has 35 heavy (non-hydrogen) atoms. The van der Waals surface area contributed by atoms with Crippen molar-refractivity contribution in [2.45, 2.75) is 18.6 Å². The van der Waals surface area contributed by atoms with E-state index >= 15 is 0 Å². The molecule has 4 aromatic rings. The Morgan fingerprint density at radius 1 is 1.09 bits per heavy atom. The van der Waals surface area contributed by atoms with Crippen LogP contribution in [0.3, 0.4) is 0 Å². The summed E-state index contributed by atoms with van der Waals surface area (Å²) in [4.78, 5) is 25.6. The van der Waals surface area contributed by atoms with Crippen LogP contribution >= 0.6 is 0 Å². The third-order valence-electron chi connectivity index (χ3n) is 5.62. The van der Waals surface area contributed by atoms with Crippen LogP contribution in [0.1, 0.15) is 12.5 Å². The van der Waals surface area contributed by atoms with E-state index in [0.29, 0.717) is 49.6 Å².